The van der Waals surface area contributed by atoms with Crippen LogP contribution < -0.4 is 5.32 Å². The van der Waals surface area contributed by atoms with E-state index in [0.29, 0.717) is 12.8 Å². The Morgan fingerprint density at radius 2 is 1.73 bits per heavy atom. The Balaban J connectivity index is 1.46. The normalized spacial score (nSPS) is 16.3. The minimum absolute atomic E-state index is 0.0874. The van der Waals surface area contributed by atoms with Crippen LogP contribution in [0.25, 0.3) is 11.1 Å². The van der Waals surface area contributed by atoms with Crippen LogP contribution in [-0.4, -0.2) is 53.7 Å². The van der Waals surface area contributed by atoms with E-state index in [-0.39, 0.29) is 18.4 Å². The lowest BCUT2D eigenvalue weighted by molar-refractivity contribution is -0.143. The monoisotopic (exact) mass is 546 g/mol. The summed E-state index contributed by atoms with van der Waals surface area (Å²) in [6.45, 7) is 4.27. The summed E-state index contributed by atoms with van der Waals surface area (Å²) in [6, 6.07) is 14.4. The molecular formula is C33H42N2O5. The number of fused-ring (bicyclic) bond motifs is 3. The van der Waals surface area contributed by atoms with Gasteiger partial charge in [-0.1, -0.05) is 93.3 Å². The Bertz CT molecular complexity index is 1190. The maximum Gasteiger partial charge on any atom is 0.410 e. The molecular weight excluding hydrogens is 504 g/mol. The summed E-state index contributed by atoms with van der Waals surface area (Å²) in [7, 11) is 1.57. The third-order valence-electron chi connectivity index (χ3n) is 8.29. The number of allylic oxidation sites excluding steroid dienone is 1. The minimum atomic E-state index is -1.06. The standard InChI is InChI=1S/C33H42N2O5/c1-4-5-12-22(2)19-29(32(37)38)34-31(36)30(20-23-13-6-7-14-23)35(3)33(39)40-21-28-26-17-10-8-15-24(26)25-16-9-11-18-27(25)28/h8-11,13,15-18,22,28-30H,4-7,12,14,19-21H2,1-3H3,(H,34,36)(H,37,38)/t22-,29+,30+/m1/s1. The Labute approximate surface area is 237 Å². The summed E-state index contributed by atoms with van der Waals surface area (Å²) < 4.78 is 5.83. The number of aliphatic carboxylic acids is 1. The SMILES string of the molecule is CCCC[C@@H](C)C[C@H](NC(=O)[C@H](CC1=CCCC1)N(C)C(=O)OCC1c2ccccc2-c2ccccc21)C(=O)O. The third kappa shape index (κ3) is 6.93. The summed E-state index contributed by atoms with van der Waals surface area (Å²) in [4.78, 5) is 40.2. The lowest BCUT2D eigenvalue weighted by Crippen LogP contribution is -2.52. The van der Waals surface area contributed by atoms with E-state index in [9.17, 15) is 19.5 Å². The first-order valence-corrected chi connectivity index (χ1v) is 14.6. The highest BCUT2D eigenvalue weighted by Crippen LogP contribution is 2.44. The van der Waals surface area contributed by atoms with Gasteiger partial charge in [0.05, 0.1) is 0 Å². The number of ether oxygens (including phenoxy) is 1. The van der Waals surface area contributed by atoms with Gasteiger partial charge < -0.3 is 15.2 Å². The predicted molar refractivity (Wildman–Crippen MR) is 156 cm³/mol. The molecule has 0 fully saturated rings. The van der Waals surface area contributed by atoms with E-state index in [1.807, 2.05) is 31.2 Å². The number of rotatable bonds is 13. The average molecular weight is 547 g/mol. The molecule has 40 heavy (non-hydrogen) atoms. The topological polar surface area (TPSA) is 95.9 Å². The molecule has 2 aliphatic rings. The number of benzene rings is 2. The van der Waals surface area contributed by atoms with Gasteiger partial charge in [-0.05, 0) is 60.3 Å². The van der Waals surface area contributed by atoms with Crippen LogP contribution in [0.15, 0.2) is 60.2 Å². The molecule has 7 nitrogen and oxygen atoms in total. The van der Waals surface area contributed by atoms with E-state index in [1.54, 1.807) is 7.05 Å². The summed E-state index contributed by atoms with van der Waals surface area (Å²) in [5.41, 5.74) is 5.63. The molecule has 7 heteroatoms. The van der Waals surface area contributed by atoms with Gasteiger partial charge in [-0.3, -0.25) is 9.69 Å². The molecule has 3 atom stereocenters. The van der Waals surface area contributed by atoms with Crippen LogP contribution in [0, 0.1) is 5.92 Å². The number of carbonyl (C=O) groups is 3. The first kappa shape index (κ1) is 29.4. The fraction of sp³-hybridized carbons (Fsp3) is 0.485. The summed E-state index contributed by atoms with van der Waals surface area (Å²) in [5, 5.41) is 12.6. The smallest absolute Gasteiger partial charge is 0.410 e. The maximum atomic E-state index is 13.5. The van der Waals surface area contributed by atoms with Gasteiger partial charge in [0.1, 0.15) is 18.7 Å². The highest BCUT2D eigenvalue weighted by Gasteiger charge is 2.34. The summed E-state index contributed by atoms with van der Waals surface area (Å²) in [6.07, 6.45) is 8.05. The number of unbranched alkanes of at least 4 members (excludes halogenated alkanes) is 1. The number of hydrogen-bond acceptors (Lipinski definition) is 4. The van der Waals surface area contributed by atoms with Crippen molar-refractivity contribution >= 4 is 18.0 Å². The molecule has 0 saturated heterocycles. The molecule has 0 radical (unpaired) electrons. The number of amides is 2. The Morgan fingerprint density at radius 1 is 1.07 bits per heavy atom. The molecule has 2 amide bonds. The first-order chi connectivity index (χ1) is 19.3. The van der Waals surface area contributed by atoms with Crippen molar-refractivity contribution in [1.29, 1.82) is 0 Å². The van der Waals surface area contributed by atoms with Crippen LogP contribution in [0.2, 0.25) is 0 Å². The molecule has 2 aromatic carbocycles. The average Bonchev–Trinajstić information content (AvgIpc) is 3.58. The number of carboxylic acids is 1. The zero-order chi connectivity index (χ0) is 28.6. The van der Waals surface area contributed by atoms with Crippen LogP contribution in [0.5, 0.6) is 0 Å². The number of hydrogen-bond donors (Lipinski definition) is 2. The third-order valence-corrected chi connectivity index (χ3v) is 8.29. The molecule has 0 heterocycles. The molecule has 2 aliphatic carbocycles. The minimum Gasteiger partial charge on any atom is -0.480 e. The zero-order valence-corrected chi connectivity index (χ0v) is 23.9. The van der Waals surface area contributed by atoms with Gasteiger partial charge in [0.2, 0.25) is 5.91 Å². The predicted octanol–water partition coefficient (Wildman–Crippen LogP) is 6.52. The van der Waals surface area contributed by atoms with Crippen LogP contribution >= 0.6 is 0 Å². The van der Waals surface area contributed by atoms with Crippen molar-refractivity contribution in [3.63, 3.8) is 0 Å². The van der Waals surface area contributed by atoms with Crippen molar-refractivity contribution in [3.05, 3.63) is 71.3 Å². The fourth-order valence-electron chi connectivity index (χ4n) is 5.96. The van der Waals surface area contributed by atoms with E-state index >= 15 is 0 Å². The second-order valence-electron chi connectivity index (χ2n) is 11.3. The lowest BCUT2D eigenvalue weighted by atomic mass is 9.95. The van der Waals surface area contributed by atoms with E-state index in [2.05, 4.69) is 42.6 Å². The lowest BCUT2D eigenvalue weighted by Gasteiger charge is -2.29. The van der Waals surface area contributed by atoms with Crippen molar-refractivity contribution in [2.45, 2.75) is 83.2 Å². The van der Waals surface area contributed by atoms with Gasteiger partial charge in [0.25, 0.3) is 0 Å². The molecule has 0 saturated carbocycles. The molecule has 0 aromatic heterocycles. The molecule has 214 valence electrons. The van der Waals surface area contributed by atoms with Gasteiger partial charge in [-0.15, -0.1) is 0 Å². The quantitative estimate of drug-likeness (QED) is 0.279. The number of carboxylic acid groups (broad SMARTS) is 1. The van der Waals surface area contributed by atoms with E-state index in [4.69, 9.17) is 4.74 Å². The van der Waals surface area contributed by atoms with Crippen molar-refractivity contribution < 1.29 is 24.2 Å². The Morgan fingerprint density at radius 3 is 2.30 bits per heavy atom. The zero-order valence-electron chi connectivity index (χ0n) is 23.9. The van der Waals surface area contributed by atoms with Crippen LogP contribution in [0.1, 0.15) is 82.3 Å². The second kappa shape index (κ2) is 13.6. The van der Waals surface area contributed by atoms with E-state index in [1.165, 1.54) is 4.90 Å². The summed E-state index contributed by atoms with van der Waals surface area (Å²) >= 11 is 0. The highest BCUT2D eigenvalue weighted by molar-refractivity contribution is 5.89. The molecule has 0 bridgehead atoms. The van der Waals surface area contributed by atoms with Crippen molar-refractivity contribution in [3.8, 4) is 11.1 Å². The van der Waals surface area contributed by atoms with E-state index < -0.39 is 30.1 Å². The van der Waals surface area contributed by atoms with Crippen molar-refractivity contribution in [2.75, 3.05) is 13.7 Å². The summed E-state index contributed by atoms with van der Waals surface area (Å²) in [5.74, 6) is -1.44. The number of likely N-dealkylation sites (N-methyl/N-ethyl adjacent to an activating group) is 1. The maximum absolute atomic E-state index is 13.5. The highest BCUT2D eigenvalue weighted by atomic mass is 16.6. The Hall–Kier alpha value is -3.61. The van der Waals surface area contributed by atoms with Crippen LogP contribution in [0.4, 0.5) is 4.79 Å². The number of carbonyl (C=O) groups excluding carboxylic acids is 2. The van der Waals surface area contributed by atoms with Crippen molar-refractivity contribution in [1.82, 2.24) is 10.2 Å². The Kier molecular flexibility index (Phi) is 10.0. The molecule has 0 unspecified atom stereocenters. The molecule has 2 N–H and O–H groups in total. The largest absolute Gasteiger partial charge is 0.480 e. The number of nitrogens with one attached hydrogen (secondary N) is 1. The van der Waals surface area contributed by atoms with Gasteiger partial charge in [0, 0.05) is 13.0 Å². The molecule has 4 rings (SSSR count). The van der Waals surface area contributed by atoms with Gasteiger partial charge >= 0.3 is 12.1 Å². The first-order valence-electron chi connectivity index (χ1n) is 14.6. The van der Waals surface area contributed by atoms with Crippen molar-refractivity contribution in [2.24, 2.45) is 5.92 Å². The molecule has 2 aromatic rings. The van der Waals surface area contributed by atoms with Gasteiger partial charge in [0.15, 0.2) is 0 Å². The van der Waals surface area contributed by atoms with Crippen LogP contribution in [0.3, 0.4) is 0 Å². The second-order valence-corrected chi connectivity index (χ2v) is 11.3. The molecule has 0 aliphatic heterocycles. The van der Waals surface area contributed by atoms with Gasteiger partial charge in [-0.2, -0.15) is 0 Å². The van der Waals surface area contributed by atoms with Gasteiger partial charge in [-0.25, -0.2) is 9.59 Å². The van der Waals surface area contributed by atoms with E-state index in [0.717, 1.165) is 66.4 Å². The number of nitrogens with zero attached hydrogens (tertiary/aromatic N) is 1. The molecule has 0 spiro atoms. The van der Waals surface area contributed by atoms with Crippen LogP contribution in [-0.2, 0) is 14.3 Å². The fourth-order valence-corrected chi connectivity index (χ4v) is 5.96.